The van der Waals surface area contributed by atoms with E-state index in [2.05, 4.69) is 5.32 Å². The highest BCUT2D eigenvalue weighted by molar-refractivity contribution is 7.12. The Kier molecular flexibility index (Phi) is 4.14. The summed E-state index contributed by atoms with van der Waals surface area (Å²) in [5.41, 5.74) is -0.0760. The number of carbonyl (C=O) groups is 2. The van der Waals surface area contributed by atoms with Crippen molar-refractivity contribution in [2.75, 3.05) is 13.2 Å². The van der Waals surface area contributed by atoms with Crippen LogP contribution in [-0.2, 0) is 4.79 Å². The van der Waals surface area contributed by atoms with Crippen molar-refractivity contribution in [3.63, 3.8) is 0 Å². The summed E-state index contributed by atoms with van der Waals surface area (Å²) in [5, 5.41) is 13.8. The third-order valence-corrected chi connectivity index (χ3v) is 4.24. The molecule has 4 nitrogen and oxygen atoms in total. The monoisotopic (exact) mass is 267 g/mol. The average molecular weight is 267 g/mol. The molecule has 0 saturated heterocycles. The van der Waals surface area contributed by atoms with Gasteiger partial charge in [0.25, 0.3) is 0 Å². The van der Waals surface area contributed by atoms with Crippen molar-refractivity contribution in [3.8, 4) is 0 Å². The number of amides is 1. The van der Waals surface area contributed by atoms with Gasteiger partial charge in [-0.15, -0.1) is 11.3 Å². The van der Waals surface area contributed by atoms with Gasteiger partial charge in [-0.05, 0) is 24.3 Å². The van der Waals surface area contributed by atoms with Crippen LogP contribution in [0.25, 0.3) is 0 Å². The number of aliphatic hydroxyl groups is 1. The molecule has 1 aromatic rings. The zero-order chi connectivity index (χ0) is 13.0. The number of nitrogens with one attached hydrogen (secondary N) is 1. The molecule has 98 valence electrons. The van der Waals surface area contributed by atoms with Gasteiger partial charge in [-0.25, -0.2) is 0 Å². The highest BCUT2D eigenvalue weighted by Crippen LogP contribution is 2.44. The van der Waals surface area contributed by atoms with Crippen LogP contribution in [0.3, 0.4) is 0 Å². The number of carbonyl (C=O) groups excluding carboxylic acids is 2. The normalized spacial score (nSPS) is 16.3. The molecule has 1 saturated carbocycles. The lowest BCUT2D eigenvalue weighted by Crippen LogP contribution is -2.31. The third kappa shape index (κ3) is 3.40. The van der Waals surface area contributed by atoms with E-state index in [0.29, 0.717) is 11.4 Å². The van der Waals surface area contributed by atoms with Gasteiger partial charge in [0.1, 0.15) is 0 Å². The summed E-state index contributed by atoms with van der Waals surface area (Å²) in [5.74, 6) is -0.0944. The van der Waals surface area contributed by atoms with Gasteiger partial charge in [0, 0.05) is 24.8 Å². The van der Waals surface area contributed by atoms with Crippen LogP contribution in [0.1, 0.15) is 35.4 Å². The first-order chi connectivity index (χ1) is 8.65. The Bertz CT molecular complexity index is 423. The lowest BCUT2D eigenvalue weighted by Gasteiger charge is -2.12. The molecular weight excluding hydrogens is 250 g/mol. The van der Waals surface area contributed by atoms with Crippen molar-refractivity contribution in [2.45, 2.75) is 25.7 Å². The maximum Gasteiger partial charge on any atom is 0.220 e. The molecule has 1 aliphatic carbocycles. The zero-order valence-electron chi connectivity index (χ0n) is 10.1. The predicted molar refractivity (Wildman–Crippen MR) is 69.6 cm³/mol. The van der Waals surface area contributed by atoms with Crippen LogP contribution in [-0.4, -0.2) is 29.9 Å². The van der Waals surface area contributed by atoms with Crippen LogP contribution < -0.4 is 5.32 Å². The smallest absolute Gasteiger partial charge is 0.220 e. The summed E-state index contributed by atoms with van der Waals surface area (Å²) in [4.78, 5) is 23.9. The maximum atomic E-state index is 11.7. The number of aliphatic hydroxyl groups excluding tert-OH is 1. The minimum atomic E-state index is -0.111. The Balaban J connectivity index is 1.67. The number of rotatable bonds is 7. The quantitative estimate of drug-likeness (QED) is 0.737. The van der Waals surface area contributed by atoms with Gasteiger partial charge in [0.05, 0.1) is 11.5 Å². The Morgan fingerprint density at radius 3 is 2.72 bits per heavy atom. The van der Waals surface area contributed by atoms with Gasteiger partial charge < -0.3 is 10.4 Å². The minimum Gasteiger partial charge on any atom is -0.396 e. The Labute approximate surface area is 110 Å². The van der Waals surface area contributed by atoms with Crippen molar-refractivity contribution in [3.05, 3.63) is 22.4 Å². The van der Waals surface area contributed by atoms with E-state index < -0.39 is 0 Å². The summed E-state index contributed by atoms with van der Waals surface area (Å²) in [7, 11) is 0. The number of ketones is 1. The number of hydrogen-bond donors (Lipinski definition) is 2. The molecule has 2 N–H and O–H groups in total. The first-order valence-electron chi connectivity index (χ1n) is 6.09. The summed E-state index contributed by atoms with van der Waals surface area (Å²) < 4.78 is 0. The van der Waals surface area contributed by atoms with Gasteiger partial charge >= 0.3 is 0 Å². The molecule has 1 heterocycles. The summed E-state index contributed by atoms with van der Waals surface area (Å²) in [6, 6.07) is 3.60. The first-order valence-corrected chi connectivity index (χ1v) is 6.97. The third-order valence-electron chi connectivity index (χ3n) is 3.33. The van der Waals surface area contributed by atoms with Crippen LogP contribution in [0.4, 0.5) is 0 Å². The number of Topliss-reactive ketones (excluding diaryl/α,β-unsaturated/α-hetero) is 1. The van der Waals surface area contributed by atoms with E-state index in [-0.39, 0.29) is 36.6 Å². The second-order valence-electron chi connectivity index (χ2n) is 4.84. The molecule has 0 spiro atoms. The largest absolute Gasteiger partial charge is 0.396 e. The molecule has 0 aromatic carbocycles. The Morgan fingerprint density at radius 1 is 1.39 bits per heavy atom. The number of thiophene rings is 1. The van der Waals surface area contributed by atoms with E-state index in [9.17, 15) is 9.59 Å². The topological polar surface area (TPSA) is 66.4 Å². The molecule has 0 bridgehead atoms. The van der Waals surface area contributed by atoms with Gasteiger partial charge in [-0.2, -0.15) is 0 Å². The Hall–Kier alpha value is -1.20. The van der Waals surface area contributed by atoms with E-state index in [1.165, 1.54) is 11.3 Å². The number of hydrogen-bond acceptors (Lipinski definition) is 4. The first kappa shape index (κ1) is 13.2. The van der Waals surface area contributed by atoms with E-state index >= 15 is 0 Å². The van der Waals surface area contributed by atoms with Crippen molar-refractivity contribution in [2.24, 2.45) is 5.41 Å². The molecule has 1 fully saturated rings. The molecule has 0 atom stereocenters. The van der Waals surface area contributed by atoms with Crippen molar-refractivity contribution in [1.82, 2.24) is 5.32 Å². The molecule has 18 heavy (non-hydrogen) atoms. The van der Waals surface area contributed by atoms with Crippen molar-refractivity contribution in [1.29, 1.82) is 0 Å². The van der Waals surface area contributed by atoms with Crippen LogP contribution in [0.15, 0.2) is 17.5 Å². The molecule has 5 heteroatoms. The molecule has 2 rings (SSSR count). The fourth-order valence-corrected chi connectivity index (χ4v) is 2.42. The van der Waals surface area contributed by atoms with Gasteiger partial charge in [0.15, 0.2) is 5.78 Å². The van der Waals surface area contributed by atoms with E-state index in [4.69, 9.17) is 5.11 Å². The minimum absolute atomic E-state index is 0.0171. The lowest BCUT2D eigenvalue weighted by molar-refractivity contribution is -0.121. The van der Waals surface area contributed by atoms with Gasteiger partial charge in [-0.3, -0.25) is 9.59 Å². The van der Waals surface area contributed by atoms with E-state index in [0.717, 1.165) is 12.8 Å². The standard InChI is InChI=1S/C13H17NO3S/c15-9-13(5-6-13)8-14-12(17)4-3-10(16)11-2-1-7-18-11/h1-2,7,15H,3-6,8-9H2,(H,14,17). The molecule has 1 aromatic heterocycles. The van der Waals surface area contributed by atoms with Crippen LogP contribution in [0.5, 0.6) is 0 Å². The summed E-state index contributed by atoms with van der Waals surface area (Å²) in [6.45, 7) is 0.650. The SMILES string of the molecule is O=C(CCC(=O)c1cccs1)NCC1(CO)CC1. The molecule has 0 unspecified atom stereocenters. The van der Waals surface area contributed by atoms with E-state index in [1.54, 1.807) is 6.07 Å². The van der Waals surface area contributed by atoms with Gasteiger partial charge in [-0.1, -0.05) is 6.07 Å². The zero-order valence-corrected chi connectivity index (χ0v) is 11.0. The van der Waals surface area contributed by atoms with Crippen LogP contribution in [0.2, 0.25) is 0 Å². The fourth-order valence-electron chi connectivity index (χ4n) is 1.73. The van der Waals surface area contributed by atoms with Crippen molar-refractivity contribution >= 4 is 23.0 Å². The predicted octanol–water partition coefficient (Wildman–Crippen LogP) is 1.60. The Morgan fingerprint density at radius 2 is 2.17 bits per heavy atom. The fraction of sp³-hybridized carbons (Fsp3) is 0.538. The highest BCUT2D eigenvalue weighted by Gasteiger charge is 2.41. The molecular formula is C13H17NO3S. The second kappa shape index (κ2) is 5.63. The molecule has 0 radical (unpaired) electrons. The van der Waals surface area contributed by atoms with Crippen LogP contribution in [0, 0.1) is 5.41 Å². The van der Waals surface area contributed by atoms with Gasteiger partial charge in [0.2, 0.25) is 5.91 Å². The molecule has 0 aliphatic heterocycles. The lowest BCUT2D eigenvalue weighted by atomic mass is 10.1. The average Bonchev–Trinajstić information content (AvgIpc) is 2.96. The maximum absolute atomic E-state index is 11.7. The summed E-state index contributed by atoms with van der Waals surface area (Å²) in [6.07, 6.45) is 2.41. The van der Waals surface area contributed by atoms with E-state index in [1.807, 2.05) is 11.4 Å². The second-order valence-corrected chi connectivity index (χ2v) is 5.78. The van der Waals surface area contributed by atoms with Crippen LogP contribution >= 0.6 is 11.3 Å². The highest BCUT2D eigenvalue weighted by atomic mass is 32.1. The molecule has 1 amide bonds. The summed E-state index contributed by atoms with van der Waals surface area (Å²) >= 11 is 1.40. The molecule has 1 aliphatic rings. The van der Waals surface area contributed by atoms with Crippen molar-refractivity contribution < 1.29 is 14.7 Å².